The van der Waals surface area contributed by atoms with Crippen molar-refractivity contribution in [2.45, 2.75) is 57.0 Å². The van der Waals surface area contributed by atoms with Crippen LogP contribution in [-0.2, 0) is 11.2 Å². The molecule has 0 aromatic heterocycles. The van der Waals surface area contributed by atoms with Gasteiger partial charge in [-0.15, -0.1) is 0 Å². The summed E-state index contributed by atoms with van der Waals surface area (Å²) in [5.74, 6) is 1.18. The van der Waals surface area contributed by atoms with E-state index in [4.69, 9.17) is 9.47 Å². The summed E-state index contributed by atoms with van der Waals surface area (Å²) in [6, 6.07) is 25.8. The van der Waals surface area contributed by atoms with Crippen molar-refractivity contribution >= 4 is 24.9 Å². The van der Waals surface area contributed by atoms with Crippen LogP contribution >= 0.6 is 0 Å². The average Bonchev–Trinajstić information content (AvgIpc) is 3.24. The smallest absolute Gasteiger partial charge is 0.255 e. The average molecular weight is 518 g/mol. The van der Waals surface area contributed by atoms with Gasteiger partial charge in [0.1, 0.15) is 5.75 Å². The zero-order valence-electron chi connectivity index (χ0n) is 22.3. The maximum atomic E-state index is 12.4. The Bertz CT molecular complexity index is 1150. The summed E-state index contributed by atoms with van der Waals surface area (Å²) in [5.41, 5.74) is 3.08. The van der Waals surface area contributed by atoms with Gasteiger partial charge in [-0.3, -0.25) is 4.79 Å². The number of aliphatic hydroxyl groups is 1. The van der Waals surface area contributed by atoms with Gasteiger partial charge in [0.05, 0.1) is 27.4 Å². The highest BCUT2D eigenvalue weighted by Crippen LogP contribution is 2.46. The molecule has 3 aromatic rings. The van der Waals surface area contributed by atoms with Crippen LogP contribution in [0.1, 0.15) is 35.7 Å². The van der Waals surface area contributed by atoms with Gasteiger partial charge in [-0.25, -0.2) is 0 Å². The zero-order chi connectivity index (χ0) is 26.4. The lowest BCUT2D eigenvalue weighted by Gasteiger charge is -2.36. The summed E-state index contributed by atoms with van der Waals surface area (Å²) in [6.07, 6.45) is 2.75. The molecule has 3 aromatic carbocycles. The van der Waals surface area contributed by atoms with Crippen molar-refractivity contribution in [3.05, 3.63) is 90.0 Å². The molecule has 6 heteroatoms. The van der Waals surface area contributed by atoms with E-state index in [2.05, 4.69) is 61.7 Å². The molecule has 0 bridgehead atoms. The van der Waals surface area contributed by atoms with E-state index in [-0.39, 0.29) is 24.7 Å². The second-order valence-electron chi connectivity index (χ2n) is 10.6. The SMILES string of the molecule is COc1ccc([Si](C)(C)[C@H]2[C@H](C)[C@H](CCc3ccc(NC(=O)c4ccccc4)cc3)O[C@@H]2CCO)cc1. The molecular formula is C31H39NO4Si. The Morgan fingerprint density at radius 3 is 2.24 bits per heavy atom. The van der Waals surface area contributed by atoms with E-state index in [1.165, 1.54) is 10.8 Å². The van der Waals surface area contributed by atoms with E-state index in [0.29, 0.717) is 23.4 Å². The minimum atomic E-state index is -1.88. The van der Waals surface area contributed by atoms with Gasteiger partial charge in [-0.2, -0.15) is 0 Å². The van der Waals surface area contributed by atoms with E-state index in [1.54, 1.807) is 7.11 Å². The molecule has 0 saturated carbocycles. The van der Waals surface area contributed by atoms with Gasteiger partial charge in [0, 0.05) is 17.9 Å². The highest BCUT2D eigenvalue weighted by molar-refractivity contribution is 6.91. The van der Waals surface area contributed by atoms with Crippen LogP contribution in [0.15, 0.2) is 78.9 Å². The van der Waals surface area contributed by atoms with Crippen LogP contribution in [0.2, 0.25) is 18.6 Å². The molecule has 1 saturated heterocycles. The Morgan fingerprint density at radius 1 is 0.946 bits per heavy atom. The zero-order valence-corrected chi connectivity index (χ0v) is 23.3. The highest BCUT2D eigenvalue weighted by atomic mass is 28.3. The molecule has 1 aliphatic rings. The summed E-state index contributed by atoms with van der Waals surface area (Å²) < 4.78 is 12.0. The summed E-state index contributed by atoms with van der Waals surface area (Å²) in [5, 5.41) is 14.1. The summed E-state index contributed by atoms with van der Waals surface area (Å²) in [4.78, 5) is 12.4. The van der Waals surface area contributed by atoms with Crippen LogP contribution in [0.3, 0.4) is 0 Å². The summed E-state index contributed by atoms with van der Waals surface area (Å²) in [7, 11) is -0.184. The predicted molar refractivity (Wildman–Crippen MR) is 153 cm³/mol. The second kappa shape index (κ2) is 12.1. The van der Waals surface area contributed by atoms with Crippen LogP contribution in [-0.4, -0.2) is 45.0 Å². The third-order valence-corrected chi connectivity index (χ3v) is 12.3. The van der Waals surface area contributed by atoms with Crippen molar-refractivity contribution < 1.29 is 19.4 Å². The van der Waals surface area contributed by atoms with E-state index < -0.39 is 8.07 Å². The first-order valence-corrected chi connectivity index (χ1v) is 16.3. The van der Waals surface area contributed by atoms with Crippen LogP contribution in [0.5, 0.6) is 5.75 Å². The van der Waals surface area contributed by atoms with Crippen LogP contribution < -0.4 is 15.2 Å². The lowest BCUT2D eigenvalue weighted by atomic mass is 9.95. The first kappa shape index (κ1) is 27.1. The Labute approximate surface area is 221 Å². The molecule has 4 rings (SSSR count). The molecular weight excluding hydrogens is 478 g/mol. The van der Waals surface area contributed by atoms with Crippen LogP contribution in [0.25, 0.3) is 0 Å². The molecule has 1 heterocycles. The van der Waals surface area contributed by atoms with Gasteiger partial charge in [0.25, 0.3) is 5.91 Å². The summed E-state index contributed by atoms with van der Waals surface area (Å²) >= 11 is 0. The molecule has 2 N–H and O–H groups in total. The molecule has 0 unspecified atom stereocenters. The minimum absolute atomic E-state index is 0.0735. The lowest BCUT2D eigenvalue weighted by molar-refractivity contribution is 0.0196. The normalized spacial score (nSPS) is 21.5. The Morgan fingerprint density at radius 2 is 1.62 bits per heavy atom. The highest BCUT2D eigenvalue weighted by Gasteiger charge is 2.50. The van der Waals surface area contributed by atoms with Gasteiger partial charge in [-0.1, -0.05) is 67.7 Å². The number of aliphatic hydroxyl groups excluding tert-OH is 1. The number of methoxy groups -OCH3 is 1. The molecule has 0 spiro atoms. The molecule has 196 valence electrons. The van der Waals surface area contributed by atoms with E-state index in [0.717, 1.165) is 24.3 Å². The number of carbonyl (C=O) groups excluding carboxylic acids is 1. The third kappa shape index (κ3) is 6.32. The number of anilines is 1. The second-order valence-corrected chi connectivity index (χ2v) is 15.3. The van der Waals surface area contributed by atoms with Gasteiger partial charge in [0.2, 0.25) is 0 Å². The number of hydrogen-bond donors (Lipinski definition) is 2. The van der Waals surface area contributed by atoms with Crippen LogP contribution in [0.4, 0.5) is 5.69 Å². The fourth-order valence-electron chi connectivity index (χ4n) is 5.90. The number of ether oxygens (including phenoxy) is 2. The van der Waals surface area contributed by atoms with Gasteiger partial charge in [0.15, 0.2) is 0 Å². The van der Waals surface area contributed by atoms with Gasteiger partial charge in [-0.05, 0) is 72.7 Å². The van der Waals surface area contributed by atoms with Crippen molar-refractivity contribution in [1.82, 2.24) is 0 Å². The van der Waals surface area contributed by atoms with Crippen molar-refractivity contribution in [2.75, 3.05) is 19.0 Å². The fraction of sp³-hybridized carbons (Fsp3) is 0.387. The number of benzene rings is 3. The molecule has 0 radical (unpaired) electrons. The Hall–Kier alpha value is -2.93. The summed E-state index contributed by atoms with van der Waals surface area (Å²) in [6.45, 7) is 7.32. The molecule has 1 aliphatic heterocycles. The number of nitrogens with one attached hydrogen (secondary N) is 1. The van der Waals surface area contributed by atoms with Crippen molar-refractivity contribution in [1.29, 1.82) is 0 Å². The van der Waals surface area contributed by atoms with E-state index in [1.807, 2.05) is 42.5 Å². The first-order valence-electron chi connectivity index (χ1n) is 13.2. The van der Waals surface area contributed by atoms with Crippen molar-refractivity contribution in [3.8, 4) is 5.75 Å². The maximum absolute atomic E-state index is 12.4. The number of carbonyl (C=O) groups is 1. The largest absolute Gasteiger partial charge is 0.497 e. The van der Waals surface area contributed by atoms with Crippen molar-refractivity contribution in [2.24, 2.45) is 5.92 Å². The molecule has 5 nitrogen and oxygen atoms in total. The number of amides is 1. The molecule has 37 heavy (non-hydrogen) atoms. The molecule has 1 amide bonds. The Kier molecular flexibility index (Phi) is 8.85. The van der Waals surface area contributed by atoms with E-state index in [9.17, 15) is 9.90 Å². The molecule has 0 aliphatic carbocycles. The number of rotatable bonds is 10. The third-order valence-electron chi connectivity index (χ3n) is 7.95. The van der Waals surface area contributed by atoms with Crippen molar-refractivity contribution in [3.63, 3.8) is 0 Å². The van der Waals surface area contributed by atoms with Crippen LogP contribution in [0, 0.1) is 5.92 Å². The number of hydrogen-bond acceptors (Lipinski definition) is 4. The quantitative estimate of drug-likeness (QED) is 0.341. The van der Waals surface area contributed by atoms with Gasteiger partial charge < -0.3 is 19.9 Å². The maximum Gasteiger partial charge on any atom is 0.255 e. The first-order chi connectivity index (χ1) is 17.8. The molecule has 4 atom stereocenters. The van der Waals surface area contributed by atoms with Gasteiger partial charge >= 0.3 is 0 Å². The minimum Gasteiger partial charge on any atom is -0.497 e. The lowest BCUT2D eigenvalue weighted by Crippen LogP contribution is -2.50. The number of aryl methyl sites for hydroxylation is 1. The molecule has 1 fully saturated rings. The van der Waals surface area contributed by atoms with E-state index >= 15 is 0 Å². The fourth-order valence-corrected chi connectivity index (χ4v) is 10.0. The monoisotopic (exact) mass is 517 g/mol. The standard InChI is InChI=1S/C31H39NO4Si/c1-22-28(19-12-23-10-13-25(14-11-23)32-31(34)24-8-6-5-7-9-24)36-29(20-21-33)30(22)37(3,4)27-17-15-26(35-2)16-18-27/h5-11,13-18,22,28-30,33H,12,19-21H2,1-4H3,(H,32,34)/t22-,28+,29-,30+/m1/s1. The predicted octanol–water partition coefficient (Wildman–Crippen LogP) is 5.65. The Balaban J connectivity index is 1.40. The topological polar surface area (TPSA) is 67.8 Å².